The molecule has 0 saturated heterocycles. The summed E-state index contributed by atoms with van der Waals surface area (Å²) in [5.74, 6) is 0. The summed E-state index contributed by atoms with van der Waals surface area (Å²) in [6.07, 6.45) is 11.8. The largest absolute Gasteiger partial charge is 0.310 e. The molecule has 0 aliphatic heterocycles. The Morgan fingerprint density at radius 1 is 0.274 bits per heavy atom. The van der Waals surface area contributed by atoms with Crippen LogP contribution in [0.2, 0.25) is 0 Å². The van der Waals surface area contributed by atoms with Gasteiger partial charge in [-0.25, -0.2) is 0 Å². The lowest BCUT2D eigenvalue weighted by Crippen LogP contribution is -2.10. The minimum absolute atomic E-state index is 1.08. The third-order valence-electron chi connectivity index (χ3n) is 13.5. The summed E-state index contributed by atoms with van der Waals surface area (Å²) in [6.45, 7) is 0. The normalized spacial score (nSPS) is 12.6. The molecule has 0 saturated carbocycles. The first-order valence-corrected chi connectivity index (χ1v) is 22.7. The molecule has 9 aromatic rings. The van der Waals surface area contributed by atoms with Gasteiger partial charge in [0.1, 0.15) is 0 Å². The van der Waals surface area contributed by atoms with Gasteiger partial charge in [-0.15, -0.1) is 0 Å². The van der Waals surface area contributed by atoms with Gasteiger partial charge in [-0.3, -0.25) is 0 Å². The van der Waals surface area contributed by atoms with Crippen LogP contribution in [-0.4, -0.2) is 0 Å². The highest BCUT2D eigenvalue weighted by Crippen LogP contribution is 2.40. The SMILES string of the molecule is c1ccc(N(c2ccc(CCCc3ccc4c(c3)CC4)cc2)c2ccc3c(ccc4cc(N(c5ccccc5)c5ccc(CCCc6ccc7c(c6)CC7)cc5)ccc43)c2)cc1. The number of hydrogen-bond donors (Lipinski definition) is 0. The smallest absolute Gasteiger partial charge is 0.0468 e. The molecule has 0 atom stereocenters. The van der Waals surface area contributed by atoms with Gasteiger partial charge in [-0.1, -0.05) is 121 Å². The average molecular weight is 801 g/mol. The number of nitrogens with zero attached hydrogens (tertiary/aromatic N) is 2. The standard InChI is InChI=1S/C60H52N2/c1-3-13-53(14-4-1)61(55-31-19-43(20-32-55)9-7-11-45-17-23-47-25-27-49(47)39-45)57-35-37-59-51(41-57)29-30-52-42-58(36-38-60(52)59)62(54-15-5-2-6-16-54)56-33-21-44(22-34-56)10-8-12-46-18-24-48-26-28-50(48)40-46/h1-6,13-24,29-42H,7-12,25-28H2. The third kappa shape index (κ3) is 7.78. The fourth-order valence-corrected chi connectivity index (χ4v) is 9.80. The molecular weight excluding hydrogens is 749 g/mol. The highest BCUT2D eigenvalue weighted by atomic mass is 15.1. The zero-order valence-electron chi connectivity index (χ0n) is 35.4. The molecule has 0 fully saturated rings. The van der Waals surface area contributed by atoms with Crippen LogP contribution in [0.3, 0.4) is 0 Å². The highest BCUT2D eigenvalue weighted by molar-refractivity contribution is 6.09. The van der Waals surface area contributed by atoms with Crippen LogP contribution < -0.4 is 9.80 Å². The van der Waals surface area contributed by atoms with Gasteiger partial charge in [0.05, 0.1) is 0 Å². The summed E-state index contributed by atoms with van der Waals surface area (Å²) in [5.41, 5.74) is 18.9. The van der Waals surface area contributed by atoms with Gasteiger partial charge in [0, 0.05) is 34.1 Å². The van der Waals surface area contributed by atoms with Crippen LogP contribution in [0, 0.1) is 0 Å². The number of rotatable bonds is 14. The lowest BCUT2D eigenvalue weighted by molar-refractivity contribution is 0.798. The summed E-state index contributed by atoms with van der Waals surface area (Å²) in [7, 11) is 0. The second kappa shape index (κ2) is 16.9. The van der Waals surface area contributed by atoms with Gasteiger partial charge < -0.3 is 9.80 Å². The van der Waals surface area contributed by atoms with Crippen molar-refractivity contribution in [3.8, 4) is 0 Å². The summed E-state index contributed by atoms with van der Waals surface area (Å²) in [5, 5.41) is 4.97. The van der Waals surface area contributed by atoms with Crippen LogP contribution in [0.5, 0.6) is 0 Å². The lowest BCUT2D eigenvalue weighted by atomic mass is 9.86. The molecule has 0 unspecified atom stereocenters. The summed E-state index contributed by atoms with van der Waals surface area (Å²) >= 11 is 0. The van der Waals surface area contributed by atoms with E-state index >= 15 is 0 Å². The van der Waals surface area contributed by atoms with Gasteiger partial charge >= 0.3 is 0 Å². The number of fused-ring (bicyclic) bond motifs is 5. The Hall–Kier alpha value is -6.90. The van der Waals surface area contributed by atoms with Crippen LogP contribution in [0.4, 0.5) is 34.1 Å². The van der Waals surface area contributed by atoms with Gasteiger partial charge in [-0.2, -0.15) is 0 Å². The van der Waals surface area contributed by atoms with Crippen molar-refractivity contribution in [2.24, 2.45) is 0 Å². The molecule has 2 nitrogen and oxygen atoms in total. The van der Waals surface area contributed by atoms with E-state index in [0.29, 0.717) is 0 Å². The van der Waals surface area contributed by atoms with E-state index in [2.05, 4.69) is 204 Å². The summed E-state index contributed by atoms with van der Waals surface area (Å²) in [4.78, 5) is 4.77. The summed E-state index contributed by atoms with van der Waals surface area (Å²) in [6, 6.07) is 72.6. The second-order valence-electron chi connectivity index (χ2n) is 17.5. The second-order valence-corrected chi connectivity index (χ2v) is 17.5. The molecular formula is C60H52N2. The van der Waals surface area contributed by atoms with Crippen LogP contribution in [0.1, 0.15) is 57.3 Å². The molecule has 0 N–H and O–H groups in total. The molecule has 62 heavy (non-hydrogen) atoms. The molecule has 0 heterocycles. The molecule has 2 aliphatic rings. The van der Waals surface area contributed by atoms with Crippen molar-refractivity contribution in [1.29, 1.82) is 0 Å². The average Bonchev–Trinajstić information content (AvgIpc) is 3.30. The molecule has 0 aromatic heterocycles. The minimum atomic E-state index is 1.08. The van der Waals surface area contributed by atoms with Crippen molar-refractivity contribution in [2.75, 3.05) is 9.80 Å². The Morgan fingerprint density at radius 2 is 0.629 bits per heavy atom. The highest BCUT2D eigenvalue weighted by Gasteiger charge is 2.18. The predicted molar refractivity (Wildman–Crippen MR) is 263 cm³/mol. The molecule has 302 valence electrons. The number of benzene rings is 9. The fraction of sp³-hybridized carbons (Fsp3) is 0.167. The quantitative estimate of drug-likeness (QED) is 0.101. The van der Waals surface area contributed by atoms with E-state index in [1.807, 2.05) is 0 Å². The van der Waals surface area contributed by atoms with Crippen molar-refractivity contribution in [3.63, 3.8) is 0 Å². The molecule has 0 spiro atoms. The van der Waals surface area contributed by atoms with Crippen LogP contribution >= 0.6 is 0 Å². The first kappa shape index (κ1) is 38.1. The first-order valence-electron chi connectivity index (χ1n) is 22.7. The van der Waals surface area contributed by atoms with Gasteiger partial charge in [0.25, 0.3) is 0 Å². The number of para-hydroxylation sites is 2. The van der Waals surface area contributed by atoms with Gasteiger partial charge in [0.15, 0.2) is 0 Å². The Labute approximate surface area is 366 Å². The Balaban J connectivity index is 0.835. The zero-order chi connectivity index (χ0) is 41.2. The minimum Gasteiger partial charge on any atom is -0.310 e. The topological polar surface area (TPSA) is 6.48 Å². The van der Waals surface area contributed by atoms with E-state index < -0.39 is 0 Å². The van der Waals surface area contributed by atoms with Gasteiger partial charge in [0.2, 0.25) is 0 Å². The van der Waals surface area contributed by atoms with Crippen LogP contribution in [-0.2, 0) is 51.4 Å². The first-order chi connectivity index (χ1) is 30.7. The molecule has 0 radical (unpaired) electrons. The monoisotopic (exact) mass is 800 g/mol. The van der Waals surface area contributed by atoms with Crippen LogP contribution in [0.25, 0.3) is 21.5 Å². The van der Waals surface area contributed by atoms with E-state index in [9.17, 15) is 0 Å². The van der Waals surface area contributed by atoms with Crippen molar-refractivity contribution in [1.82, 2.24) is 0 Å². The molecule has 2 aliphatic carbocycles. The maximum absolute atomic E-state index is 2.43. The van der Waals surface area contributed by atoms with E-state index in [0.717, 1.165) is 61.3 Å². The maximum Gasteiger partial charge on any atom is 0.0468 e. The van der Waals surface area contributed by atoms with E-state index in [4.69, 9.17) is 0 Å². The fourth-order valence-electron chi connectivity index (χ4n) is 9.80. The number of hydrogen-bond acceptors (Lipinski definition) is 2. The Morgan fingerprint density at radius 3 is 1.02 bits per heavy atom. The van der Waals surface area contributed by atoms with E-state index in [-0.39, 0.29) is 0 Å². The molecule has 9 aromatic carbocycles. The Kier molecular flexibility index (Phi) is 10.4. The van der Waals surface area contributed by atoms with Crippen molar-refractivity contribution in [2.45, 2.75) is 64.2 Å². The van der Waals surface area contributed by atoms with Crippen molar-refractivity contribution < 1.29 is 0 Å². The lowest BCUT2D eigenvalue weighted by Gasteiger charge is -2.27. The predicted octanol–water partition coefficient (Wildman–Crippen LogP) is 15.5. The summed E-state index contributed by atoms with van der Waals surface area (Å²) < 4.78 is 0. The molecule has 2 heteroatoms. The molecule has 0 bridgehead atoms. The van der Waals surface area contributed by atoms with E-state index in [1.54, 1.807) is 22.3 Å². The molecule has 11 rings (SSSR count). The van der Waals surface area contributed by atoms with Gasteiger partial charge in [-0.05, 0) is 203 Å². The van der Waals surface area contributed by atoms with Crippen LogP contribution in [0.15, 0.2) is 194 Å². The number of anilines is 6. The third-order valence-corrected chi connectivity index (χ3v) is 13.5. The maximum atomic E-state index is 2.43. The zero-order valence-corrected chi connectivity index (χ0v) is 35.4. The van der Waals surface area contributed by atoms with E-state index in [1.165, 1.54) is 80.9 Å². The van der Waals surface area contributed by atoms with Crippen molar-refractivity contribution in [3.05, 3.63) is 239 Å². The van der Waals surface area contributed by atoms with Crippen molar-refractivity contribution >= 4 is 55.7 Å². The molecule has 0 amide bonds. The number of aryl methyl sites for hydroxylation is 8. The Bertz CT molecular complexity index is 2800.